The van der Waals surface area contributed by atoms with E-state index < -0.39 is 0 Å². The van der Waals surface area contributed by atoms with E-state index in [1.807, 2.05) is 4.90 Å². The third-order valence-electron chi connectivity index (χ3n) is 3.07. The highest BCUT2D eigenvalue weighted by molar-refractivity contribution is 9.11. The van der Waals surface area contributed by atoms with Crippen LogP contribution in [-0.2, 0) is 4.79 Å². The monoisotopic (exact) mass is 390 g/mol. The molecule has 0 aromatic heterocycles. The molecule has 1 fully saturated rings. The molecule has 0 bridgehead atoms. The Hall–Kier alpha value is -0.750. The highest BCUT2D eigenvalue weighted by atomic mass is 79.9. The van der Waals surface area contributed by atoms with Gasteiger partial charge >= 0.3 is 0 Å². The van der Waals surface area contributed by atoms with E-state index in [-0.39, 0.29) is 12.5 Å². The minimum Gasteiger partial charge on any atom is -0.481 e. The number of nitrogen functional groups attached to an aromatic ring is 1. The predicted molar refractivity (Wildman–Crippen MR) is 82.2 cm³/mol. The number of likely N-dealkylation sites (tertiary alicyclic amines) is 1. The van der Waals surface area contributed by atoms with E-state index in [1.54, 1.807) is 12.1 Å². The second kappa shape index (κ2) is 6.61. The van der Waals surface area contributed by atoms with Gasteiger partial charge in [0, 0.05) is 18.8 Å². The number of carbonyl (C=O) groups is 1. The highest BCUT2D eigenvalue weighted by Crippen LogP contribution is 2.35. The van der Waals surface area contributed by atoms with Gasteiger partial charge in [0.1, 0.15) is 5.75 Å². The van der Waals surface area contributed by atoms with Crippen molar-refractivity contribution in [3.8, 4) is 5.75 Å². The molecule has 1 aromatic rings. The Labute approximate surface area is 129 Å². The van der Waals surface area contributed by atoms with Gasteiger partial charge in [-0.05, 0) is 63.3 Å². The number of hydrogen-bond donors (Lipinski definition) is 1. The van der Waals surface area contributed by atoms with Gasteiger partial charge in [-0.3, -0.25) is 4.79 Å². The number of halogens is 2. The fraction of sp³-hybridized carbons (Fsp3) is 0.462. The first-order chi connectivity index (χ1) is 9.08. The fourth-order valence-electron chi connectivity index (χ4n) is 2.09. The Kier molecular flexibility index (Phi) is 5.10. The lowest BCUT2D eigenvalue weighted by Crippen LogP contribution is -2.38. The molecule has 1 saturated heterocycles. The van der Waals surface area contributed by atoms with Crippen LogP contribution in [0.1, 0.15) is 19.3 Å². The van der Waals surface area contributed by atoms with E-state index in [0.717, 1.165) is 34.9 Å². The zero-order chi connectivity index (χ0) is 13.8. The molecule has 1 aliphatic heterocycles. The molecule has 2 N–H and O–H groups in total. The molecule has 0 radical (unpaired) electrons. The lowest BCUT2D eigenvalue weighted by molar-refractivity contribution is -0.134. The number of hydrogen-bond acceptors (Lipinski definition) is 3. The smallest absolute Gasteiger partial charge is 0.260 e. The third kappa shape index (κ3) is 3.86. The van der Waals surface area contributed by atoms with E-state index in [4.69, 9.17) is 10.5 Å². The van der Waals surface area contributed by atoms with Crippen molar-refractivity contribution in [1.29, 1.82) is 0 Å². The summed E-state index contributed by atoms with van der Waals surface area (Å²) in [4.78, 5) is 13.9. The van der Waals surface area contributed by atoms with Crippen LogP contribution in [0.3, 0.4) is 0 Å². The summed E-state index contributed by atoms with van der Waals surface area (Å²) in [6.45, 7) is 1.74. The Morgan fingerprint density at radius 1 is 1.21 bits per heavy atom. The second-order valence-corrected chi connectivity index (χ2v) is 6.25. The molecule has 1 heterocycles. The summed E-state index contributed by atoms with van der Waals surface area (Å²) in [5, 5.41) is 0. The minimum absolute atomic E-state index is 0.0373. The highest BCUT2D eigenvalue weighted by Gasteiger charge is 2.18. The van der Waals surface area contributed by atoms with Crippen molar-refractivity contribution in [1.82, 2.24) is 4.90 Å². The number of anilines is 1. The Bertz CT molecular complexity index is 451. The predicted octanol–water partition coefficient (Wildman–Crippen LogP) is 3.19. The van der Waals surface area contributed by atoms with Crippen molar-refractivity contribution in [2.75, 3.05) is 25.4 Å². The van der Waals surface area contributed by atoms with Crippen LogP contribution >= 0.6 is 31.9 Å². The van der Waals surface area contributed by atoms with Crippen molar-refractivity contribution >= 4 is 43.5 Å². The zero-order valence-electron chi connectivity index (χ0n) is 10.5. The van der Waals surface area contributed by atoms with Crippen LogP contribution in [0.5, 0.6) is 5.75 Å². The van der Waals surface area contributed by atoms with Crippen molar-refractivity contribution in [3.63, 3.8) is 0 Å². The van der Waals surface area contributed by atoms with Gasteiger partial charge in [0.05, 0.1) is 8.95 Å². The first-order valence-electron chi connectivity index (χ1n) is 6.23. The maximum atomic E-state index is 12.0. The molecule has 0 saturated carbocycles. The molecule has 19 heavy (non-hydrogen) atoms. The Morgan fingerprint density at radius 2 is 1.79 bits per heavy atom. The number of amides is 1. The van der Waals surface area contributed by atoms with E-state index in [9.17, 15) is 4.79 Å². The Morgan fingerprint density at radius 3 is 2.37 bits per heavy atom. The van der Waals surface area contributed by atoms with Crippen molar-refractivity contribution in [2.24, 2.45) is 0 Å². The van der Waals surface area contributed by atoms with E-state index >= 15 is 0 Å². The maximum absolute atomic E-state index is 12.0. The SMILES string of the molecule is Nc1cc(Br)c(OCC(=O)N2CCCCC2)c(Br)c1. The van der Waals surface area contributed by atoms with Crippen LogP contribution in [0.4, 0.5) is 5.69 Å². The Balaban J connectivity index is 1.96. The van der Waals surface area contributed by atoms with Gasteiger partial charge in [0.15, 0.2) is 6.61 Å². The number of carbonyl (C=O) groups excluding carboxylic acids is 1. The first-order valence-corrected chi connectivity index (χ1v) is 7.81. The number of benzene rings is 1. The zero-order valence-corrected chi connectivity index (χ0v) is 13.7. The molecule has 1 amide bonds. The molecule has 0 aliphatic carbocycles. The van der Waals surface area contributed by atoms with Gasteiger partial charge in [-0.25, -0.2) is 0 Å². The fourth-order valence-corrected chi connectivity index (χ4v) is 3.54. The lowest BCUT2D eigenvalue weighted by atomic mass is 10.1. The van der Waals surface area contributed by atoms with Crippen molar-refractivity contribution in [2.45, 2.75) is 19.3 Å². The molecule has 6 heteroatoms. The summed E-state index contributed by atoms with van der Waals surface area (Å²) in [7, 11) is 0. The van der Waals surface area contributed by atoms with Crippen LogP contribution in [-0.4, -0.2) is 30.5 Å². The largest absolute Gasteiger partial charge is 0.481 e. The van der Waals surface area contributed by atoms with E-state index in [0.29, 0.717) is 11.4 Å². The molecule has 4 nitrogen and oxygen atoms in total. The van der Waals surface area contributed by atoms with Gasteiger partial charge in [0.2, 0.25) is 0 Å². The summed E-state index contributed by atoms with van der Waals surface area (Å²) in [6.07, 6.45) is 3.38. The number of ether oxygens (including phenoxy) is 1. The van der Waals surface area contributed by atoms with E-state index in [2.05, 4.69) is 31.9 Å². The van der Waals surface area contributed by atoms with Gasteiger partial charge in [-0.2, -0.15) is 0 Å². The summed E-state index contributed by atoms with van der Waals surface area (Å²) in [5.74, 6) is 0.648. The van der Waals surface area contributed by atoms with Crippen LogP contribution in [0, 0.1) is 0 Å². The van der Waals surface area contributed by atoms with Crippen molar-refractivity contribution < 1.29 is 9.53 Å². The number of piperidine rings is 1. The quantitative estimate of drug-likeness (QED) is 0.805. The molecular formula is C13H16Br2N2O2. The molecule has 1 aromatic carbocycles. The molecule has 0 atom stereocenters. The minimum atomic E-state index is 0.0373. The average Bonchev–Trinajstić information content (AvgIpc) is 2.38. The number of nitrogens with two attached hydrogens (primary N) is 1. The van der Waals surface area contributed by atoms with Crippen LogP contribution in [0.15, 0.2) is 21.1 Å². The van der Waals surface area contributed by atoms with E-state index in [1.165, 1.54) is 6.42 Å². The van der Waals surface area contributed by atoms with Gasteiger partial charge in [0.25, 0.3) is 5.91 Å². The molecule has 0 spiro atoms. The summed E-state index contributed by atoms with van der Waals surface area (Å²) in [6, 6.07) is 3.51. The van der Waals surface area contributed by atoms with Gasteiger partial charge < -0.3 is 15.4 Å². The standard InChI is InChI=1S/C13H16Br2N2O2/c14-10-6-9(16)7-11(15)13(10)19-8-12(18)17-4-2-1-3-5-17/h6-7H,1-5,8,16H2. The topological polar surface area (TPSA) is 55.6 Å². The van der Waals surface area contributed by atoms with Gasteiger partial charge in [-0.1, -0.05) is 0 Å². The van der Waals surface area contributed by atoms with Crippen LogP contribution in [0.2, 0.25) is 0 Å². The third-order valence-corrected chi connectivity index (χ3v) is 4.25. The molecule has 104 valence electrons. The number of rotatable bonds is 3. The second-order valence-electron chi connectivity index (χ2n) is 4.54. The molecule has 0 unspecified atom stereocenters. The number of nitrogens with zero attached hydrogens (tertiary/aromatic N) is 1. The average molecular weight is 392 g/mol. The lowest BCUT2D eigenvalue weighted by Gasteiger charge is -2.26. The maximum Gasteiger partial charge on any atom is 0.260 e. The normalized spacial score (nSPS) is 15.4. The first kappa shape index (κ1) is 14.7. The van der Waals surface area contributed by atoms with Crippen LogP contribution in [0.25, 0.3) is 0 Å². The van der Waals surface area contributed by atoms with Gasteiger partial charge in [-0.15, -0.1) is 0 Å². The summed E-state index contributed by atoms with van der Waals surface area (Å²) in [5.41, 5.74) is 6.34. The summed E-state index contributed by atoms with van der Waals surface area (Å²) < 4.78 is 7.08. The molecule has 1 aliphatic rings. The van der Waals surface area contributed by atoms with Crippen LogP contribution < -0.4 is 10.5 Å². The summed E-state index contributed by atoms with van der Waals surface area (Å²) >= 11 is 6.77. The molecular weight excluding hydrogens is 376 g/mol. The van der Waals surface area contributed by atoms with Crippen molar-refractivity contribution in [3.05, 3.63) is 21.1 Å². The molecule has 2 rings (SSSR count).